The van der Waals surface area contributed by atoms with Crippen LogP contribution in [-0.2, 0) is 10.0 Å². The number of hydrogen-bond acceptors (Lipinski definition) is 7. The van der Waals surface area contributed by atoms with Crippen molar-refractivity contribution < 1.29 is 13.3 Å². The molecule has 11 heteroatoms. The predicted molar refractivity (Wildman–Crippen MR) is 122 cm³/mol. The lowest BCUT2D eigenvalue weighted by molar-refractivity contribution is -0.384. The van der Waals surface area contributed by atoms with E-state index in [4.69, 9.17) is 0 Å². The van der Waals surface area contributed by atoms with Gasteiger partial charge in [-0.05, 0) is 36.4 Å². The average molecular weight is 460 g/mol. The summed E-state index contributed by atoms with van der Waals surface area (Å²) in [6.45, 7) is 0. The molecule has 0 bridgehead atoms. The smallest absolute Gasteiger partial charge is 0.269 e. The third kappa shape index (κ3) is 3.34. The molecule has 33 heavy (non-hydrogen) atoms. The Labute approximate surface area is 188 Å². The molecule has 0 fully saturated rings. The Kier molecular flexibility index (Phi) is 4.75. The zero-order chi connectivity index (χ0) is 23.2. The van der Waals surface area contributed by atoms with Gasteiger partial charge in [0.1, 0.15) is 0 Å². The van der Waals surface area contributed by atoms with Crippen molar-refractivity contribution in [2.75, 3.05) is 11.4 Å². The molecule has 0 N–H and O–H groups in total. The van der Waals surface area contributed by atoms with Gasteiger partial charge in [-0.15, -0.1) is 10.2 Å². The Morgan fingerprint density at radius 1 is 0.909 bits per heavy atom. The fraction of sp³-hybridized carbons (Fsp3) is 0.0455. The average Bonchev–Trinajstić information content (AvgIpc) is 3.29. The molecule has 0 aliphatic rings. The summed E-state index contributed by atoms with van der Waals surface area (Å²) in [7, 11) is -2.49. The molecule has 2 aromatic heterocycles. The number of fused-ring (bicyclic) bond motifs is 3. The van der Waals surface area contributed by atoms with Crippen LogP contribution in [0.1, 0.15) is 0 Å². The summed E-state index contributed by atoms with van der Waals surface area (Å²) in [6, 6.07) is 21.2. The number of sulfonamides is 1. The van der Waals surface area contributed by atoms with Crippen LogP contribution < -0.4 is 4.31 Å². The van der Waals surface area contributed by atoms with Crippen molar-refractivity contribution in [1.29, 1.82) is 0 Å². The monoisotopic (exact) mass is 460 g/mol. The van der Waals surface area contributed by atoms with Crippen LogP contribution in [-0.4, -0.2) is 40.0 Å². The first-order valence-electron chi connectivity index (χ1n) is 9.80. The van der Waals surface area contributed by atoms with Gasteiger partial charge in [0, 0.05) is 24.7 Å². The zero-order valence-corrected chi connectivity index (χ0v) is 18.0. The number of para-hydroxylation sites is 2. The van der Waals surface area contributed by atoms with Gasteiger partial charge in [0.2, 0.25) is 5.65 Å². The van der Waals surface area contributed by atoms with E-state index >= 15 is 0 Å². The Morgan fingerprint density at radius 2 is 1.58 bits per heavy atom. The molecule has 3 aromatic carbocycles. The second-order valence-corrected chi connectivity index (χ2v) is 9.17. The van der Waals surface area contributed by atoms with Gasteiger partial charge in [-0.25, -0.2) is 17.7 Å². The van der Waals surface area contributed by atoms with Gasteiger partial charge in [0.15, 0.2) is 11.6 Å². The van der Waals surface area contributed by atoms with Crippen LogP contribution in [0.25, 0.3) is 28.1 Å². The molecule has 0 atom stereocenters. The molecule has 0 aliphatic heterocycles. The molecule has 0 aliphatic carbocycles. The molecular formula is C22H16N6O4S. The summed E-state index contributed by atoms with van der Waals surface area (Å²) < 4.78 is 29.3. The van der Waals surface area contributed by atoms with E-state index in [1.54, 1.807) is 46.9 Å². The maximum Gasteiger partial charge on any atom is 0.269 e. The van der Waals surface area contributed by atoms with E-state index in [9.17, 15) is 18.5 Å². The van der Waals surface area contributed by atoms with Crippen molar-refractivity contribution in [2.24, 2.45) is 0 Å². The predicted octanol–water partition coefficient (Wildman–Crippen LogP) is 3.68. The van der Waals surface area contributed by atoms with Crippen LogP contribution in [0.2, 0.25) is 0 Å². The van der Waals surface area contributed by atoms with Gasteiger partial charge in [0.25, 0.3) is 15.7 Å². The standard InChI is InChI=1S/C22H16N6O4S/c1-26(33(31,32)17-7-3-2-4-8-17)21-22-25-24-20(15-11-13-16(14-12-15)28(29)30)27(22)19-10-6-5-9-18(19)23-21/h2-14H,1H3. The lowest BCUT2D eigenvalue weighted by Gasteiger charge is -2.19. The molecular weight excluding hydrogens is 444 g/mol. The Hall–Kier alpha value is -4.38. The highest BCUT2D eigenvalue weighted by Crippen LogP contribution is 2.31. The maximum atomic E-state index is 13.3. The third-order valence-corrected chi connectivity index (χ3v) is 7.01. The number of rotatable bonds is 5. The van der Waals surface area contributed by atoms with Crippen LogP contribution >= 0.6 is 0 Å². The minimum atomic E-state index is -3.91. The first-order chi connectivity index (χ1) is 15.9. The highest BCUT2D eigenvalue weighted by atomic mass is 32.2. The first-order valence-corrected chi connectivity index (χ1v) is 11.2. The van der Waals surface area contributed by atoms with Crippen molar-refractivity contribution in [3.05, 3.63) is 89.0 Å². The highest BCUT2D eigenvalue weighted by molar-refractivity contribution is 7.92. The molecule has 5 aromatic rings. The van der Waals surface area contributed by atoms with Gasteiger partial charge in [-0.1, -0.05) is 30.3 Å². The summed E-state index contributed by atoms with van der Waals surface area (Å²) in [6.07, 6.45) is 0. The van der Waals surface area contributed by atoms with E-state index in [2.05, 4.69) is 15.2 Å². The summed E-state index contributed by atoms with van der Waals surface area (Å²) in [5, 5.41) is 19.5. The molecule has 0 unspecified atom stereocenters. The largest absolute Gasteiger partial charge is 0.270 e. The Balaban J connectivity index is 1.75. The van der Waals surface area contributed by atoms with E-state index in [0.29, 0.717) is 22.4 Å². The number of nitro groups is 1. The summed E-state index contributed by atoms with van der Waals surface area (Å²) in [4.78, 5) is 15.2. The van der Waals surface area contributed by atoms with E-state index in [0.717, 1.165) is 4.31 Å². The van der Waals surface area contributed by atoms with E-state index in [1.807, 2.05) is 12.1 Å². The van der Waals surface area contributed by atoms with Gasteiger partial charge in [-0.2, -0.15) is 0 Å². The van der Waals surface area contributed by atoms with Gasteiger partial charge in [0.05, 0.1) is 20.9 Å². The number of hydrogen-bond donors (Lipinski definition) is 0. The topological polar surface area (TPSA) is 124 Å². The number of nitro benzene ring substituents is 1. The minimum absolute atomic E-state index is 0.0477. The SMILES string of the molecule is CN(c1nc2ccccc2n2c(-c3ccc([N+](=O)[O-])cc3)nnc12)S(=O)(=O)c1ccccc1. The van der Waals surface area contributed by atoms with Gasteiger partial charge < -0.3 is 0 Å². The van der Waals surface area contributed by atoms with E-state index < -0.39 is 14.9 Å². The maximum absolute atomic E-state index is 13.3. The van der Waals surface area contributed by atoms with Crippen molar-refractivity contribution in [2.45, 2.75) is 4.90 Å². The zero-order valence-electron chi connectivity index (χ0n) is 17.2. The van der Waals surface area contributed by atoms with E-state index in [1.165, 1.54) is 31.3 Å². The van der Waals surface area contributed by atoms with Gasteiger partial charge in [-0.3, -0.25) is 14.5 Å². The van der Waals surface area contributed by atoms with Crippen LogP contribution in [0.3, 0.4) is 0 Å². The normalized spacial score (nSPS) is 11.7. The van der Waals surface area contributed by atoms with Crippen molar-refractivity contribution in [3.8, 4) is 11.4 Å². The number of anilines is 1. The number of aromatic nitrogens is 4. The molecule has 0 amide bonds. The molecule has 2 heterocycles. The minimum Gasteiger partial charge on any atom is -0.270 e. The lowest BCUT2D eigenvalue weighted by Crippen LogP contribution is -2.28. The van der Waals surface area contributed by atoms with Crippen molar-refractivity contribution >= 4 is 38.2 Å². The second kappa shape index (κ2) is 7.64. The summed E-state index contributed by atoms with van der Waals surface area (Å²) in [5.41, 5.74) is 1.99. The number of non-ortho nitro benzene ring substituents is 1. The third-order valence-electron chi connectivity index (χ3n) is 5.25. The molecule has 164 valence electrons. The highest BCUT2D eigenvalue weighted by Gasteiger charge is 2.27. The first kappa shape index (κ1) is 20.5. The number of benzene rings is 3. The Morgan fingerprint density at radius 3 is 2.27 bits per heavy atom. The molecule has 0 saturated carbocycles. The van der Waals surface area contributed by atoms with Crippen molar-refractivity contribution in [1.82, 2.24) is 19.6 Å². The Bertz CT molecular complexity index is 1620. The van der Waals surface area contributed by atoms with Crippen molar-refractivity contribution in [3.63, 3.8) is 0 Å². The molecule has 0 radical (unpaired) electrons. The second-order valence-electron chi connectivity index (χ2n) is 7.20. The summed E-state index contributed by atoms with van der Waals surface area (Å²) >= 11 is 0. The number of nitrogens with zero attached hydrogens (tertiary/aromatic N) is 6. The fourth-order valence-electron chi connectivity index (χ4n) is 3.56. The molecule has 0 saturated heterocycles. The van der Waals surface area contributed by atoms with Gasteiger partial charge >= 0.3 is 0 Å². The lowest BCUT2D eigenvalue weighted by atomic mass is 10.2. The molecule has 5 rings (SSSR count). The fourth-order valence-corrected chi connectivity index (χ4v) is 4.73. The van der Waals surface area contributed by atoms with Crippen LogP contribution in [0, 0.1) is 10.1 Å². The quantitative estimate of drug-likeness (QED) is 0.289. The molecule has 10 nitrogen and oxygen atoms in total. The summed E-state index contributed by atoms with van der Waals surface area (Å²) in [5.74, 6) is 0.517. The van der Waals surface area contributed by atoms with Crippen LogP contribution in [0.5, 0.6) is 0 Å². The van der Waals surface area contributed by atoms with Crippen LogP contribution in [0.4, 0.5) is 11.5 Å². The molecule has 0 spiro atoms. The van der Waals surface area contributed by atoms with E-state index in [-0.39, 0.29) is 22.0 Å². The van der Waals surface area contributed by atoms with Crippen LogP contribution in [0.15, 0.2) is 83.8 Å².